The van der Waals surface area contributed by atoms with Crippen molar-refractivity contribution in [2.24, 2.45) is 0 Å². The average molecular weight is 345 g/mol. The number of benzene rings is 1. The van der Waals surface area contributed by atoms with Crippen LogP contribution in [0.3, 0.4) is 0 Å². The van der Waals surface area contributed by atoms with Crippen molar-refractivity contribution in [3.8, 4) is 0 Å². The molecular formula is C18H23N3O2S. The largest absolute Gasteiger partial charge is 0.373 e. The molecule has 1 aromatic carbocycles. The van der Waals surface area contributed by atoms with Crippen LogP contribution in [0.2, 0.25) is 0 Å². The highest BCUT2D eigenvalue weighted by Gasteiger charge is 2.23. The lowest BCUT2D eigenvalue weighted by molar-refractivity contribution is -0.115. The van der Waals surface area contributed by atoms with Crippen molar-refractivity contribution in [1.82, 2.24) is 9.88 Å². The van der Waals surface area contributed by atoms with Crippen LogP contribution in [0.15, 0.2) is 35.7 Å². The number of hydrogen-bond acceptors (Lipinski definition) is 5. The van der Waals surface area contributed by atoms with Gasteiger partial charge in [0.1, 0.15) is 0 Å². The van der Waals surface area contributed by atoms with E-state index in [1.165, 1.54) is 11.3 Å². The molecule has 0 unspecified atom stereocenters. The first kappa shape index (κ1) is 17.1. The van der Waals surface area contributed by atoms with Crippen molar-refractivity contribution in [2.45, 2.75) is 39.5 Å². The molecule has 0 bridgehead atoms. The normalized spacial score (nSPS) is 21.6. The first-order valence-electron chi connectivity index (χ1n) is 8.21. The Morgan fingerprint density at radius 2 is 1.96 bits per heavy atom. The maximum absolute atomic E-state index is 12.1. The van der Waals surface area contributed by atoms with E-state index in [0.717, 1.165) is 36.1 Å². The lowest BCUT2D eigenvalue weighted by atomic mass is 10.2. The van der Waals surface area contributed by atoms with Crippen LogP contribution in [0.25, 0.3) is 0 Å². The van der Waals surface area contributed by atoms with E-state index in [9.17, 15) is 4.79 Å². The molecule has 2 aromatic rings. The minimum atomic E-state index is -0.0317. The Balaban J connectivity index is 1.75. The number of rotatable bonds is 4. The maximum Gasteiger partial charge on any atom is 0.230 e. The number of aromatic nitrogens is 1. The van der Waals surface area contributed by atoms with Crippen LogP contribution in [0.1, 0.15) is 26.5 Å². The second-order valence-corrected chi connectivity index (χ2v) is 7.10. The van der Waals surface area contributed by atoms with E-state index in [1.807, 2.05) is 35.7 Å². The Kier molecular flexibility index (Phi) is 5.28. The van der Waals surface area contributed by atoms with E-state index in [0.29, 0.717) is 0 Å². The molecule has 1 aromatic heterocycles. The number of carbonyl (C=O) groups excluding carboxylic acids is 1. The van der Waals surface area contributed by atoms with E-state index >= 15 is 0 Å². The van der Waals surface area contributed by atoms with Gasteiger partial charge in [0, 0.05) is 31.9 Å². The molecule has 5 nitrogen and oxygen atoms in total. The number of para-hydroxylation sites is 1. The van der Waals surface area contributed by atoms with Gasteiger partial charge in [-0.1, -0.05) is 18.2 Å². The number of hydrogen-bond donors (Lipinski definition) is 0. The summed E-state index contributed by atoms with van der Waals surface area (Å²) in [4.78, 5) is 20.8. The molecule has 2 heterocycles. The van der Waals surface area contributed by atoms with E-state index in [2.05, 4.69) is 18.7 Å². The van der Waals surface area contributed by atoms with Crippen LogP contribution in [-0.2, 0) is 16.1 Å². The van der Waals surface area contributed by atoms with Crippen LogP contribution < -0.4 is 4.90 Å². The van der Waals surface area contributed by atoms with Crippen molar-refractivity contribution >= 4 is 28.1 Å². The van der Waals surface area contributed by atoms with Crippen molar-refractivity contribution < 1.29 is 9.53 Å². The molecule has 0 aliphatic carbocycles. The minimum Gasteiger partial charge on any atom is -0.373 e. The van der Waals surface area contributed by atoms with Crippen LogP contribution >= 0.6 is 11.3 Å². The number of ether oxygens (including phenoxy) is 1. The predicted octanol–water partition coefficient (Wildman–Crippen LogP) is 3.44. The number of amides is 1. The summed E-state index contributed by atoms with van der Waals surface area (Å²) < 4.78 is 5.77. The van der Waals surface area contributed by atoms with Crippen molar-refractivity contribution in [3.63, 3.8) is 0 Å². The van der Waals surface area contributed by atoms with Gasteiger partial charge in [-0.05, 0) is 26.0 Å². The molecule has 1 fully saturated rings. The highest BCUT2D eigenvalue weighted by Crippen LogP contribution is 2.29. The quantitative estimate of drug-likeness (QED) is 0.852. The molecule has 1 aliphatic rings. The zero-order chi connectivity index (χ0) is 17.1. The summed E-state index contributed by atoms with van der Waals surface area (Å²) in [6.07, 6.45) is 0.481. The van der Waals surface area contributed by atoms with Gasteiger partial charge < -0.3 is 4.74 Å². The fourth-order valence-corrected chi connectivity index (χ4v) is 4.00. The summed E-state index contributed by atoms with van der Waals surface area (Å²) in [6.45, 7) is 8.37. The SMILES string of the molecule is CC(=O)N(c1ccccc1)c1nc(CN2C[C@@H](C)O[C@@H](C)C2)cs1. The molecule has 24 heavy (non-hydrogen) atoms. The van der Waals surface area contributed by atoms with Gasteiger partial charge in [0.15, 0.2) is 5.13 Å². The third kappa shape index (κ3) is 4.01. The molecule has 0 saturated carbocycles. The molecule has 2 atom stereocenters. The molecule has 6 heteroatoms. The molecule has 3 rings (SSSR count). The van der Waals surface area contributed by atoms with Gasteiger partial charge in [0.05, 0.1) is 23.6 Å². The second-order valence-electron chi connectivity index (χ2n) is 6.26. The molecule has 0 N–H and O–H groups in total. The first-order chi connectivity index (χ1) is 11.5. The first-order valence-corrected chi connectivity index (χ1v) is 9.09. The van der Waals surface area contributed by atoms with E-state index in [1.54, 1.807) is 11.8 Å². The Hall–Kier alpha value is -1.76. The lowest BCUT2D eigenvalue weighted by Crippen LogP contribution is -2.44. The molecule has 0 radical (unpaired) electrons. The van der Waals surface area contributed by atoms with Crippen molar-refractivity contribution in [1.29, 1.82) is 0 Å². The minimum absolute atomic E-state index is 0.0317. The zero-order valence-corrected chi connectivity index (χ0v) is 15.1. The topological polar surface area (TPSA) is 45.7 Å². The van der Waals surface area contributed by atoms with Crippen molar-refractivity contribution in [2.75, 3.05) is 18.0 Å². The Morgan fingerprint density at radius 3 is 2.58 bits per heavy atom. The summed E-state index contributed by atoms with van der Waals surface area (Å²) in [7, 11) is 0. The van der Waals surface area contributed by atoms with E-state index in [-0.39, 0.29) is 18.1 Å². The number of nitrogens with zero attached hydrogens (tertiary/aromatic N) is 3. The number of thiazole rings is 1. The Labute approximate surface area is 146 Å². The highest BCUT2D eigenvalue weighted by atomic mass is 32.1. The fraction of sp³-hybridized carbons (Fsp3) is 0.444. The number of morpholine rings is 1. The lowest BCUT2D eigenvalue weighted by Gasteiger charge is -2.34. The third-order valence-electron chi connectivity index (χ3n) is 3.94. The van der Waals surface area contributed by atoms with Crippen LogP contribution in [0.5, 0.6) is 0 Å². The van der Waals surface area contributed by atoms with Crippen LogP contribution in [-0.4, -0.2) is 41.1 Å². The standard InChI is InChI=1S/C18H23N3O2S/c1-13-9-20(10-14(2)23-13)11-16-12-24-18(19-16)21(15(3)22)17-7-5-4-6-8-17/h4-8,12-14H,9-11H2,1-3H3/t13-,14+. The van der Waals surface area contributed by atoms with Crippen LogP contribution in [0, 0.1) is 0 Å². The summed E-state index contributed by atoms with van der Waals surface area (Å²) in [6, 6.07) is 9.64. The predicted molar refractivity (Wildman–Crippen MR) is 96.7 cm³/mol. The molecule has 1 saturated heterocycles. The van der Waals surface area contributed by atoms with Crippen molar-refractivity contribution in [3.05, 3.63) is 41.4 Å². The van der Waals surface area contributed by atoms with Gasteiger partial charge in [-0.2, -0.15) is 0 Å². The smallest absolute Gasteiger partial charge is 0.230 e. The molecule has 0 spiro atoms. The zero-order valence-electron chi connectivity index (χ0n) is 14.3. The summed E-state index contributed by atoms with van der Waals surface area (Å²) in [5.74, 6) is -0.0317. The second kappa shape index (κ2) is 7.42. The molecule has 1 aliphatic heterocycles. The van der Waals surface area contributed by atoms with Gasteiger partial charge in [-0.15, -0.1) is 11.3 Å². The van der Waals surface area contributed by atoms with Gasteiger partial charge in [0.2, 0.25) is 5.91 Å². The van der Waals surface area contributed by atoms with Gasteiger partial charge in [-0.25, -0.2) is 4.98 Å². The Morgan fingerprint density at radius 1 is 1.29 bits per heavy atom. The summed E-state index contributed by atoms with van der Waals surface area (Å²) in [5.41, 5.74) is 1.85. The van der Waals surface area contributed by atoms with Gasteiger partial charge >= 0.3 is 0 Å². The highest BCUT2D eigenvalue weighted by molar-refractivity contribution is 7.14. The van der Waals surface area contributed by atoms with Gasteiger partial charge in [0.25, 0.3) is 0 Å². The average Bonchev–Trinajstić information content (AvgIpc) is 2.95. The Bertz CT molecular complexity index is 679. The third-order valence-corrected chi connectivity index (χ3v) is 4.82. The summed E-state index contributed by atoms with van der Waals surface area (Å²) >= 11 is 1.51. The van der Waals surface area contributed by atoms with Gasteiger partial charge in [-0.3, -0.25) is 14.6 Å². The number of anilines is 2. The fourth-order valence-electron chi connectivity index (χ4n) is 3.12. The summed E-state index contributed by atoms with van der Waals surface area (Å²) in [5, 5.41) is 2.76. The monoisotopic (exact) mass is 345 g/mol. The number of carbonyl (C=O) groups is 1. The van der Waals surface area contributed by atoms with Crippen LogP contribution in [0.4, 0.5) is 10.8 Å². The molecular weight excluding hydrogens is 322 g/mol. The van der Waals surface area contributed by atoms with E-state index in [4.69, 9.17) is 9.72 Å². The molecule has 128 valence electrons. The molecule has 1 amide bonds. The maximum atomic E-state index is 12.1. The van der Waals surface area contributed by atoms with E-state index < -0.39 is 0 Å².